The van der Waals surface area contributed by atoms with Gasteiger partial charge in [-0.2, -0.15) is 0 Å². The molecule has 0 rings (SSSR count). The molecule has 13 heavy (non-hydrogen) atoms. The van der Waals surface area contributed by atoms with E-state index in [0.717, 1.165) is 0 Å². The average Bonchev–Trinajstić information content (AvgIpc) is 2.13. The van der Waals surface area contributed by atoms with Crippen LogP contribution in [0.1, 0.15) is 0 Å². The molecule has 0 aliphatic rings. The smallest absolute Gasteiger partial charge is 0.175 e. The lowest BCUT2D eigenvalue weighted by molar-refractivity contribution is -0.178. The van der Waals surface area contributed by atoms with Crippen LogP contribution in [0.3, 0.4) is 0 Å². The van der Waals surface area contributed by atoms with Crippen molar-refractivity contribution in [2.24, 2.45) is 5.73 Å². The summed E-state index contributed by atoms with van der Waals surface area (Å²) in [4.78, 5) is 10.0. The standard InChI is InChI=1S/C6H13NO6/c7-6(13,4(11)2-9)5(12)3(10)1-8/h2-5,8,10-13H,1,7H2/t3-,4-,5-,6-/m1/s1. The van der Waals surface area contributed by atoms with E-state index < -0.39 is 30.6 Å². The summed E-state index contributed by atoms with van der Waals surface area (Å²) in [5.74, 6) is 0. The normalized spacial score (nSPS) is 22.9. The predicted octanol–water partition coefficient (Wildman–Crippen LogP) is -4.09. The molecule has 0 aromatic heterocycles. The monoisotopic (exact) mass is 195 g/mol. The molecule has 0 radical (unpaired) electrons. The third-order valence-electron chi connectivity index (χ3n) is 1.63. The van der Waals surface area contributed by atoms with Gasteiger partial charge in [-0.1, -0.05) is 0 Å². The fourth-order valence-corrected chi connectivity index (χ4v) is 0.692. The molecule has 0 spiro atoms. The topological polar surface area (TPSA) is 144 Å². The van der Waals surface area contributed by atoms with Gasteiger partial charge in [0.1, 0.15) is 12.2 Å². The minimum atomic E-state index is -2.68. The van der Waals surface area contributed by atoms with Gasteiger partial charge in [0.15, 0.2) is 18.1 Å². The van der Waals surface area contributed by atoms with Crippen molar-refractivity contribution in [2.75, 3.05) is 6.61 Å². The first kappa shape index (κ1) is 12.4. The van der Waals surface area contributed by atoms with Gasteiger partial charge in [-0.05, 0) is 0 Å². The van der Waals surface area contributed by atoms with Crippen LogP contribution in [-0.4, -0.2) is 62.5 Å². The van der Waals surface area contributed by atoms with E-state index in [4.69, 9.17) is 31.3 Å². The molecule has 7 heteroatoms. The van der Waals surface area contributed by atoms with Gasteiger partial charge in [0.2, 0.25) is 0 Å². The first-order valence-corrected chi connectivity index (χ1v) is 3.49. The van der Waals surface area contributed by atoms with Crippen molar-refractivity contribution in [1.29, 1.82) is 0 Å². The lowest BCUT2D eigenvalue weighted by Gasteiger charge is -2.32. The molecule has 0 saturated heterocycles. The SMILES string of the molecule is N[C@@](O)([C@H](O)C=O)[C@H](O)[C@H](O)CO. The van der Waals surface area contributed by atoms with Crippen LogP contribution in [0.4, 0.5) is 0 Å². The highest BCUT2D eigenvalue weighted by Crippen LogP contribution is 2.11. The molecule has 0 aromatic rings. The lowest BCUT2D eigenvalue weighted by atomic mass is 9.97. The van der Waals surface area contributed by atoms with Crippen molar-refractivity contribution in [3.8, 4) is 0 Å². The number of rotatable bonds is 5. The van der Waals surface area contributed by atoms with Crippen LogP contribution in [0.25, 0.3) is 0 Å². The predicted molar refractivity (Wildman–Crippen MR) is 40.3 cm³/mol. The van der Waals surface area contributed by atoms with E-state index in [1.807, 2.05) is 0 Å². The van der Waals surface area contributed by atoms with E-state index in [1.165, 1.54) is 0 Å². The minimum Gasteiger partial charge on any atom is -0.394 e. The summed E-state index contributed by atoms with van der Waals surface area (Å²) in [5.41, 5.74) is 2.27. The highest BCUT2D eigenvalue weighted by molar-refractivity contribution is 5.58. The quantitative estimate of drug-likeness (QED) is 0.193. The van der Waals surface area contributed by atoms with E-state index in [0.29, 0.717) is 0 Å². The van der Waals surface area contributed by atoms with Crippen molar-refractivity contribution in [1.82, 2.24) is 0 Å². The second-order valence-electron chi connectivity index (χ2n) is 2.66. The molecule has 0 heterocycles. The van der Waals surface area contributed by atoms with Crippen LogP contribution in [0.2, 0.25) is 0 Å². The van der Waals surface area contributed by atoms with Gasteiger partial charge in [0, 0.05) is 0 Å². The molecule has 7 nitrogen and oxygen atoms in total. The molecule has 0 unspecified atom stereocenters. The highest BCUT2D eigenvalue weighted by atomic mass is 16.4. The molecular weight excluding hydrogens is 182 g/mol. The summed E-state index contributed by atoms with van der Waals surface area (Å²) >= 11 is 0. The molecule has 0 aliphatic carbocycles. The van der Waals surface area contributed by atoms with Crippen LogP contribution >= 0.6 is 0 Å². The summed E-state index contributed by atoms with van der Waals surface area (Å²) < 4.78 is 0. The highest BCUT2D eigenvalue weighted by Gasteiger charge is 2.42. The van der Waals surface area contributed by atoms with Gasteiger partial charge >= 0.3 is 0 Å². The fourth-order valence-electron chi connectivity index (χ4n) is 0.692. The van der Waals surface area contributed by atoms with Crippen molar-refractivity contribution in [3.05, 3.63) is 0 Å². The maximum atomic E-state index is 10.0. The summed E-state index contributed by atoms with van der Waals surface area (Å²) in [6.45, 7) is -0.855. The van der Waals surface area contributed by atoms with Crippen LogP contribution in [0, 0.1) is 0 Å². The Balaban J connectivity index is 4.51. The zero-order valence-electron chi connectivity index (χ0n) is 6.74. The van der Waals surface area contributed by atoms with E-state index in [2.05, 4.69) is 0 Å². The van der Waals surface area contributed by atoms with Crippen molar-refractivity contribution >= 4 is 6.29 Å². The Morgan fingerprint density at radius 3 is 2.15 bits per heavy atom. The molecule has 0 aliphatic heterocycles. The minimum absolute atomic E-state index is 0.0900. The summed E-state index contributed by atoms with van der Waals surface area (Å²) in [6, 6.07) is 0. The zero-order valence-corrected chi connectivity index (χ0v) is 6.74. The van der Waals surface area contributed by atoms with Crippen molar-refractivity contribution in [3.63, 3.8) is 0 Å². The van der Waals surface area contributed by atoms with Gasteiger partial charge in [-0.15, -0.1) is 0 Å². The maximum Gasteiger partial charge on any atom is 0.175 e. The first-order valence-electron chi connectivity index (χ1n) is 3.49. The molecule has 0 fully saturated rings. The van der Waals surface area contributed by atoms with Gasteiger partial charge < -0.3 is 30.3 Å². The summed E-state index contributed by atoms with van der Waals surface area (Å²) in [7, 11) is 0. The molecule has 7 N–H and O–H groups in total. The Hall–Kier alpha value is -0.570. The molecule has 0 aromatic carbocycles. The van der Waals surface area contributed by atoms with E-state index in [-0.39, 0.29) is 6.29 Å². The number of hydrogen-bond donors (Lipinski definition) is 6. The lowest BCUT2D eigenvalue weighted by Crippen LogP contribution is -2.64. The Morgan fingerprint density at radius 1 is 1.38 bits per heavy atom. The van der Waals surface area contributed by atoms with Gasteiger partial charge in [0.25, 0.3) is 0 Å². The van der Waals surface area contributed by atoms with Crippen molar-refractivity contribution < 1.29 is 30.3 Å². The molecular formula is C6H13NO6. The van der Waals surface area contributed by atoms with Crippen LogP contribution < -0.4 is 5.73 Å². The Morgan fingerprint density at radius 2 is 1.85 bits per heavy atom. The number of nitrogens with two attached hydrogens (primary N) is 1. The largest absolute Gasteiger partial charge is 0.394 e. The molecule has 78 valence electrons. The summed E-state index contributed by atoms with van der Waals surface area (Å²) in [6.07, 6.45) is -5.88. The Bertz CT molecular complexity index is 173. The maximum absolute atomic E-state index is 10.0. The average molecular weight is 195 g/mol. The van der Waals surface area contributed by atoms with Gasteiger partial charge in [0.05, 0.1) is 6.61 Å². The molecule has 0 bridgehead atoms. The second-order valence-corrected chi connectivity index (χ2v) is 2.66. The van der Waals surface area contributed by atoms with Crippen molar-refractivity contribution in [2.45, 2.75) is 24.0 Å². The fraction of sp³-hybridized carbons (Fsp3) is 0.833. The molecule has 0 saturated carbocycles. The summed E-state index contributed by atoms with van der Waals surface area (Å²) in [5, 5.41) is 44.2. The van der Waals surface area contributed by atoms with Gasteiger partial charge in [-0.25, -0.2) is 0 Å². The first-order chi connectivity index (χ1) is 5.87. The third-order valence-corrected chi connectivity index (χ3v) is 1.63. The number of aliphatic hydroxyl groups excluding tert-OH is 4. The Kier molecular flexibility index (Phi) is 4.40. The second kappa shape index (κ2) is 4.61. The third kappa shape index (κ3) is 2.69. The van der Waals surface area contributed by atoms with Gasteiger partial charge in [-0.3, -0.25) is 5.73 Å². The zero-order chi connectivity index (χ0) is 10.6. The van der Waals surface area contributed by atoms with Crippen LogP contribution in [0.5, 0.6) is 0 Å². The molecule has 4 atom stereocenters. The number of carbonyl (C=O) groups excluding carboxylic acids is 1. The number of hydrogen-bond acceptors (Lipinski definition) is 7. The van der Waals surface area contributed by atoms with E-state index in [9.17, 15) is 4.79 Å². The molecule has 0 amide bonds. The Labute approximate surface area is 74.0 Å². The van der Waals surface area contributed by atoms with Crippen LogP contribution in [-0.2, 0) is 4.79 Å². The van der Waals surface area contributed by atoms with E-state index >= 15 is 0 Å². The number of aldehydes is 1. The number of carbonyl (C=O) groups is 1. The number of aliphatic hydroxyl groups is 5. The van der Waals surface area contributed by atoms with Crippen LogP contribution in [0.15, 0.2) is 0 Å². The van der Waals surface area contributed by atoms with E-state index in [1.54, 1.807) is 0 Å².